The van der Waals surface area contributed by atoms with Crippen molar-refractivity contribution in [3.63, 3.8) is 0 Å². The van der Waals surface area contributed by atoms with E-state index in [9.17, 15) is 14.9 Å². The van der Waals surface area contributed by atoms with Gasteiger partial charge in [0.2, 0.25) is 0 Å². The van der Waals surface area contributed by atoms with Gasteiger partial charge in [-0.1, -0.05) is 12.8 Å². The maximum absolute atomic E-state index is 12.4. The summed E-state index contributed by atoms with van der Waals surface area (Å²) < 4.78 is 1.67. The van der Waals surface area contributed by atoms with Crippen LogP contribution in [-0.4, -0.2) is 32.1 Å². The van der Waals surface area contributed by atoms with Crippen LogP contribution in [0.3, 0.4) is 0 Å². The molecule has 1 fully saturated rings. The molecule has 9 heteroatoms. The van der Waals surface area contributed by atoms with Crippen molar-refractivity contribution in [3.05, 3.63) is 35.8 Å². The van der Waals surface area contributed by atoms with Crippen LogP contribution in [0.5, 0.6) is 0 Å². The van der Waals surface area contributed by atoms with E-state index in [0.717, 1.165) is 25.7 Å². The van der Waals surface area contributed by atoms with Crippen molar-refractivity contribution in [2.24, 2.45) is 11.7 Å². The third kappa shape index (κ3) is 4.95. The molecule has 2 aromatic heterocycles. The highest BCUT2D eigenvalue weighted by Crippen LogP contribution is 2.34. The van der Waals surface area contributed by atoms with Gasteiger partial charge in [-0.15, -0.1) is 0 Å². The van der Waals surface area contributed by atoms with Crippen LogP contribution in [-0.2, 0) is 0 Å². The van der Waals surface area contributed by atoms with Crippen molar-refractivity contribution >= 4 is 23.3 Å². The van der Waals surface area contributed by atoms with Gasteiger partial charge in [-0.05, 0) is 39.7 Å². The average molecular weight is 409 g/mol. The highest BCUT2D eigenvalue weighted by molar-refractivity contribution is 5.98. The summed E-state index contributed by atoms with van der Waals surface area (Å²) in [5.41, 5.74) is 6.28. The Morgan fingerprint density at radius 1 is 1.27 bits per heavy atom. The molecule has 0 radical (unpaired) electrons. The highest BCUT2D eigenvalue weighted by atomic mass is 16.2. The SMILES string of the molecule is CC(C)(C)NC(=O)c1cncc(Nc2nn(C3CCCCC3C#N)cc2C(N)=O)c1. The third-order valence-electron chi connectivity index (χ3n) is 4.98. The van der Waals surface area contributed by atoms with Crippen LogP contribution in [0.4, 0.5) is 11.5 Å². The lowest BCUT2D eigenvalue weighted by atomic mass is 9.85. The summed E-state index contributed by atoms with van der Waals surface area (Å²) in [5, 5.41) is 19.9. The summed E-state index contributed by atoms with van der Waals surface area (Å²) in [7, 11) is 0. The number of pyridine rings is 1. The van der Waals surface area contributed by atoms with E-state index in [4.69, 9.17) is 5.73 Å². The standard InChI is InChI=1S/C21H27N7O2/c1-21(2,3)26-20(30)14-8-15(11-24-10-14)25-19-16(18(23)29)12-28(27-19)17-7-5-4-6-13(17)9-22/h8,10-13,17H,4-7H2,1-3H3,(H2,23,29)(H,25,27)(H,26,30). The normalized spacial score (nSPS) is 19.0. The monoisotopic (exact) mass is 409 g/mol. The number of nitriles is 1. The zero-order chi connectivity index (χ0) is 21.9. The fourth-order valence-corrected chi connectivity index (χ4v) is 3.59. The fraction of sp³-hybridized carbons (Fsp3) is 0.476. The zero-order valence-electron chi connectivity index (χ0n) is 17.5. The van der Waals surface area contributed by atoms with Crippen LogP contribution in [0.25, 0.3) is 0 Å². The smallest absolute Gasteiger partial charge is 0.254 e. The summed E-state index contributed by atoms with van der Waals surface area (Å²) in [6.45, 7) is 5.68. The summed E-state index contributed by atoms with van der Waals surface area (Å²) in [5.74, 6) is -0.751. The fourth-order valence-electron chi connectivity index (χ4n) is 3.59. The number of aromatic nitrogens is 3. The average Bonchev–Trinajstić information content (AvgIpc) is 3.10. The summed E-state index contributed by atoms with van der Waals surface area (Å²) >= 11 is 0. The first kappa shape index (κ1) is 21.3. The molecule has 2 heterocycles. The molecule has 3 rings (SSSR count). The van der Waals surface area contributed by atoms with Gasteiger partial charge in [0.05, 0.1) is 35.5 Å². The number of nitrogens with zero attached hydrogens (tertiary/aromatic N) is 4. The van der Waals surface area contributed by atoms with Crippen LogP contribution in [0.1, 0.15) is 73.2 Å². The first-order valence-corrected chi connectivity index (χ1v) is 10.0. The minimum atomic E-state index is -0.623. The first-order chi connectivity index (χ1) is 14.2. The van der Waals surface area contributed by atoms with Gasteiger partial charge in [0, 0.05) is 17.9 Å². The van der Waals surface area contributed by atoms with Gasteiger partial charge in [-0.25, -0.2) is 0 Å². The molecule has 30 heavy (non-hydrogen) atoms. The van der Waals surface area contributed by atoms with Gasteiger partial charge in [-0.3, -0.25) is 19.3 Å². The molecule has 0 bridgehead atoms. The molecule has 0 aromatic carbocycles. The van der Waals surface area contributed by atoms with Crippen molar-refractivity contribution in [3.8, 4) is 6.07 Å². The Morgan fingerprint density at radius 3 is 2.67 bits per heavy atom. The number of rotatable bonds is 5. The number of hydrogen-bond acceptors (Lipinski definition) is 6. The van der Waals surface area contributed by atoms with Crippen molar-refractivity contribution in [2.75, 3.05) is 5.32 Å². The van der Waals surface area contributed by atoms with E-state index in [-0.39, 0.29) is 34.8 Å². The molecule has 1 aliphatic rings. The lowest BCUT2D eigenvalue weighted by Gasteiger charge is -2.26. The van der Waals surface area contributed by atoms with Crippen molar-refractivity contribution in [1.29, 1.82) is 5.26 Å². The van der Waals surface area contributed by atoms with Crippen LogP contribution < -0.4 is 16.4 Å². The largest absolute Gasteiger partial charge is 0.365 e. The van der Waals surface area contributed by atoms with E-state index in [1.165, 1.54) is 12.4 Å². The van der Waals surface area contributed by atoms with Gasteiger partial charge < -0.3 is 16.4 Å². The van der Waals surface area contributed by atoms with Crippen molar-refractivity contribution in [1.82, 2.24) is 20.1 Å². The molecule has 2 amide bonds. The molecule has 9 nitrogen and oxygen atoms in total. The molecule has 0 saturated heterocycles. The van der Waals surface area contributed by atoms with Crippen LogP contribution in [0, 0.1) is 17.2 Å². The maximum Gasteiger partial charge on any atom is 0.254 e. The van der Waals surface area contributed by atoms with E-state index in [2.05, 4.69) is 26.8 Å². The molecule has 1 aliphatic carbocycles. The number of nitrogens with two attached hydrogens (primary N) is 1. The minimum absolute atomic E-state index is 0.0978. The predicted octanol–water partition coefficient (Wildman–Crippen LogP) is 2.90. The van der Waals surface area contributed by atoms with E-state index in [1.54, 1.807) is 16.9 Å². The summed E-state index contributed by atoms with van der Waals surface area (Å²) in [4.78, 5) is 28.5. The second-order valence-electron chi connectivity index (χ2n) is 8.61. The number of primary amides is 1. The molecule has 4 N–H and O–H groups in total. The molecular weight excluding hydrogens is 382 g/mol. The van der Waals surface area contributed by atoms with Gasteiger partial charge in [0.25, 0.3) is 11.8 Å². The minimum Gasteiger partial charge on any atom is -0.365 e. The summed E-state index contributed by atoms with van der Waals surface area (Å²) in [6.07, 6.45) is 8.25. The Balaban J connectivity index is 1.87. The van der Waals surface area contributed by atoms with Crippen molar-refractivity contribution in [2.45, 2.75) is 58.0 Å². The van der Waals surface area contributed by atoms with Crippen LogP contribution >= 0.6 is 0 Å². The molecule has 2 aromatic rings. The van der Waals surface area contributed by atoms with Gasteiger partial charge >= 0.3 is 0 Å². The van der Waals surface area contributed by atoms with E-state index in [1.807, 2.05) is 20.8 Å². The molecule has 1 saturated carbocycles. The number of carbonyl (C=O) groups is 2. The molecule has 2 unspecified atom stereocenters. The number of nitrogens with one attached hydrogen (secondary N) is 2. The van der Waals surface area contributed by atoms with E-state index < -0.39 is 5.91 Å². The molecule has 0 spiro atoms. The topological polar surface area (TPSA) is 139 Å². The van der Waals surface area contributed by atoms with E-state index in [0.29, 0.717) is 11.3 Å². The second-order valence-corrected chi connectivity index (χ2v) is 8.61. The Morgan fingerprint density at radius 2 is 2.00 bits per heavy atom. The lowest BCUT2D eigenvalue weighted by Crippen LogP contribution is -2.40. The van der Waals surface area contributed by atoms with Gasteiger partial charge in [0.15, 0.2) is 5.82 Å². The zero-order valence-corrected chi connectivity index (χ0v) is 17.5. The maximum atomic E-state index is 12.4. The Labute approximate surface area is 175 Å². The first-order valence-electron chi connectivity index (χ1n) is 10.0. The van der Waals surface area contributed by atoms with Gasteiger partial charge in [0.1, 0.15) is 5.56 Å². The van der Waals surface area contributed by atoms with Gasteiger partial charge in [-0.2, -0.15) is 10.4 Å². The Hall–Kier alpha value is -3.41. The van der Waals surface area contributed by atoms with Crippen molar-refractivity contribution < 1.29 is 9.59 Å². The number of carbonyl (C=O) groups excluding carboxylic acids is 2. The Kier molecular flexibility index (Phi) is 6.06. The van der Waals surface area contributed by atoms with Crippen LogP contribution in [0.15, 0.2) is 24.7 Å². The predicted molar refractivity (Wildman–Crippen MR) is 112 cm³/mol. The molecule has 158 valence electrons. The second kappa shape index (κ2) is 8.53. The number of amides is 2. The quantitative estimate of drug-likeness (QED) is 0.694. The Bertz CT molecular complexity index is 984. The number of anilines is 2. The lowest BCUT2D eigenvalue weighted by molar-refractivity contribution is 0.0918. The number of hydrogen-bond donors (Lipinski definition) is 3. The molecule has 2 atom stereocenters. The summed E-state index contributed by atoms with van der Waals surface area (Å²) in [6, 6.07) is 3.88. The molecule has 0 aliphatic heterocycles. The third-order valence-corrected chi connectivity index (χ3v) is 4.98. The highest BCUT2D eigenvalue weighted by Gasteiger charge is 2.29. The van der Waals surface area contributed by atoms with Crippen LogP contribution in [0.2, 0.25) is 0 Å². The molecular formula is C21H27N7O2. The van der Waals surface area contributed by atoms with E-state index >= 15 is 0 Å².